The molecule has 1 N–H and O–H groups in total. The molecular weight excluding hydrogens is 452 g/mol. The molecule has 2 aromatic heterocycles. The molecule has 0 spiro atoms. The van der Waals surface area contributed by atoms with Gasteiger partial charge in [-0.2, -0.15) is 10.2 Å². The van der Waals surface area contributed by atoms with Crippen LogP contribution >= 0.6 is 0 Å². The van der Waals surface area contributed by atoms with Crippen molar-refractivity contribution in [1.82, 2.24) is 25.3 Å². The fourth-order valence-corrected chi connectivity index (χ4v) is 5.02. The van der Waals surface area contributed by atoms with Crippen LogP contribution in [-0.2, 0) is 11.3 Å². The fraction of sp³-hybridized carbons (Fsp3) is 0.357. The number of carbonyl (C=O) groups excluding carboxylic acids is 1. The summed E-state index contributed by atoms with van der Waals surface area (Å²) in [6.07, 6.45) is 1.77. The standard InChI is InChI=1S/C28H32N6O2/c1-18-8-5-6-9-21(18)16-29-28(35)22-10-7-15-33(17-22)27-26-25(19(2)30-31-27)20(3)34(32-26)23-11-13-24(36-4)14-12-23/h5-6,8-9,11-14,22H,7,10,15-17H2,1-4H3,(H,29,35)/t22-/m0/s1. The average molecular weight is 485 g/mol. The average Bonchev–Trinajstić information content (AvgIpc) is 3.26. The molecular formula is C28H32N6O2. The van der Waals surface area contributed by atoms with Gasteiger partial charge in [0.15, 0.2) is 5.82 Å². The molecule has 36 heavy (non-hydrogen) atoms. The molecule has 8 nitrogen and oxygen atoms in total. The molecule has 0 bridgehead atoms. The lowest BCUT2D eigenvalue weighted by Gasteiger charge is -2.32. The molecule has 4 aromatic rings. The van der Waals surface area contributed by atoms with Gasteiger partial charge in [-0.05, 0) is 69.0 Å². The van der Waals surface area contributed by atoms with Gasteiger partial charge in [-0.1, -0.05) is 24.3 Å². The van der Waals surface area contributed by atoms with E-state index in [0.29, 0.717) is 13.1 Å². The van der Waals surface area contributed by atoms with E-state index in [1.54, 1.807) is 7.11 Å². The molecule has 2 aromatic carbocycles. The summed E-state index contributed by atoms with van der Waals surface area (Å²) < 4.78 is 7.23. The maximum absolute atomic E-state index is 13.1. The number of hydrogen-bond acceptors (Lipinski definition) is 6. The van der Waals surface area contributed by atoms with E-state index in [2.05, 4.69) is 46.4 Å². The van der Waals surface area contributed by atoms with Gasteiger partial charge in [-0.25, -0.2) is 4.68 Å². The zero-order valence-corrected chi connectivity index (χ0v) is 21.3. The second-order valence-corrected chi connectivity index (χ2v) is 9.46. The number of amides is 1. The first-order valence-electron chi connectivity index (χ1n) is 12.4. The van der Waals surface area contributed by atoms with Crippen molar-refractivity contribution in [3.05, 3.63) is 71.0 Å². The lowest BCUT2D eigenvalue weighted by Crippen LogP contribution is -2.43. The molecule has 0 unspecified atom stereocenters. The number of hydrogen-bond donors (Lipinski definition) is 1. The smallest absolute Gasteiger partial charge is 0.225 e. The molecule has 0 radical (unpaired) electrons. The minimum atomic E-state index is -0.106. The van der Waals surface area contributed by atoms with Gasteiger partial charge in [0.05, 0.1) is 35.5 Å². The van der Waals surface area contributed by atoms with Crippen molar-refractivity contribution in [2.75, 3.05) is 25.1 Å². The summed E-state index contributed by atoms with van der Waals surface area (Å²) in [6.45, 7) is 8.05. The zero-order chi connectivity index (χ0) is 25.2. The van der Waals surface area contributed by atoms with Crippen molar-refractivity contribution >= 4 is 22.6 Å². The van der Waals surface area contributed by atoms with E-state index in [-0.39, 0.29) is 11.8 Å². The van der Waals surface area contributed by atoms with E-state index >= 15 is 0 Å². The number of piperidine rings is 1. The molecule has 1 aliphatic heterocycles. The van der Waals surface area contributed by atoms with E-state index in [0.717, 1.165) is 64.5 Å². The highest BCUT2D eigenvalue weighted by atomic mass is 16.5. The molecule has 1 amide bonds. The van der Waals surface area contributed by atoms with E-state index in [4.69, 9.17) is 9.84 Å². The van der Waals surface area contributed by atoms with Gasteiger partial charge < -0.3 is 15.0 Å². The second kappa shape index (κ2) is 9.97. The largest absolute Gasteiger partial charge is 0.497 e. The van der Waals surface area contributed by atoms with Gasteiger partial charge in [0.1, 0.15) is 11.3 Å². The zero-order valence-electron chi connectivity index (χ0n) is 21.3. The number of carbonyl (C=O) groups is 1. The molecule has 0 saturated carbocycles. The van der Waals surface area contributed by atoms with E-state index in [1.165, 1.54) is 5.56 Å². The van der Waals surface area contributed by atoms with Crippen molar-refractivity contribution in [2.45, 2.75) is 40.2 Å². The Kier molecular flexibility index (Phi) is 6.59. The summed E-state index contributed by atoms with van der Waals surface area (Å²) in [5.41, 5.74) is 5.94. The first-order chi connectivity index (χ1) is 17.5. The molecule has 1 aliphatic rings. The van der Waals surface area contributed by atoms with Crippen LogP contribution in [-0.4, -0.2) is 46.1 Å². The number of methoxy groups -OCH3 is 1. The monoisotopic (exact) mass is 484 g/mol. The highest BCUT2D eigenvalue weighted by Crippen LogP contribution is 2.32. The number of benzene rings is 2. The van der Waals surface area contributed by atoms with E-state index in [1.807, 2.05) is 48.0 Å². The summed E-state index contributed by atoms with van der Waals surface area (Å²) in [7, 11) is 1.66. The molecule has 186 valence electrons. The number of rotatable bonds is 6. The number of ether oxygens (including phenoxy) is 1. The lowest BCUT2D eigenvalue weighted by atomic mass is 9.96. The summed E-state index contributed by atoms with van der Waals surface area (Å²) in [4.78, 5) is 15.2. The summed E-state index contributed by atoms with van der Waals surface area (Å²) in [6, 6.07) is 16.0. The van der Waals surface area contributed by atoms with Gasteiger partial charge in [-0.15, -0.1) is 5.10 Å². The van der Waals surface area contributed by atoms with Crippen molar-refractivity contribution in [3.63, 3.8) is 0 Å². The molecule has 0 aliphatic carbocycles. The minimum absolute atomic E-state index is 0.0826. The Bertz CT molecular complexity index is 1400. The third-order valence-electron chi connectivity index (χ3n) is 7.11. The van der Waals surface area contributed by atoms with Crippen molar-refractivity contribution < 1.29 is 9.53 Å². The number of aryl methyl sites for hydroxylation is 3. The number of nitrogens with zero attached hydrogens (tertiary/aromatic N) is 5. The number of aromatic nitrogens is 4. The van der Waals surface area contributed by atoms with Crippen LogP contribution in [0.25, 0.3) is 16.6 Å². The molecule has 1 atom stereocenters. The molecule has 5 rings (SSSR count). The topological polar surface area (TPSA) is 85.2 Å². The van der Waals surface area contributed by atoms with Gasteiger partial charge >= 0.3 is 0 Å². The fourth-order valence-electron chi connectivity index (χ4n) is 5.02. The summed E-state index contributed by atoms with van der Waals surface area (Å²) in [5.74, 6) is 1.51. The van der Waals surface area contributed by atoms with Crippen LogP contribution < -0.4 is 15.0 Å². The number of nitrogens with one attached hydrogen (secondary N) is 1. The third kappa shape index (κ3) is 4.51. The summed E-state index contributed by atoms with van der Waals surface area (Å²) >= 11 is 0. The van der Waals surface area contributed by atoms with Crippen LogP contribution in [0.4, 0.5) is 5.82 Å². The Morgan fingerprint density at radius 3 is 2.61 bits per heavy atom. The Balaban J connectivity index is 1.40. The van der Waals surface area contributed by atoms with E-state index < -0.39 is 0 Å². The van der Waals surface area contributed by atoms with Gasteiger partial charge in [-0.3, -0.25) is 4.79 Å². The van der Waals surface area contributed by atoms with Crippen LogP contribution in [0.2, 0.25) is 0 Å². The van der Waals surface area contributed by atoms with Crippen molar-refractivity contribution in [1.29, 1.82) is 0 Å². The predicted octanol–water partition coefficient (Wildman–Crippen LogP) is 4.28. The Morgan fingerprint density at radius 1 is 1.08 bits per heavy atom. The van der Waals surface area contributed by atoms with E-state index in [9.17, 15) is 4.79 Å². The minimum Gasteiger partial charge on any atom is -0.497 e. The van der Waals surface area contributed by atoms with Crippen LogP contribution in [0.5, 0.6) is 5.75 Å². The molecule has 3 heterocycles. The normalized spacial score (nSPS) is 15.8. The van der Waals surface area contributed by atoms with Crippen LogP contribution in [0, 0.1) is 26.7 Å². The number of anilines is 1. The highest BCUT2D eigenvalue weighted by molar-refractivity contribution is 5.92. The van der Waals surface area contributed by atoms with Crippen LogP contribution in [0.1, 0.15) is 35.4 Å². The van der Waals surface area contributed by atoms with Crippen LogP contribution in [0.3, 0.4) is 0 Å². The Morgan fingerprint density at radius 2 is 1.86 bits per heavy atom. The lowest BCUT2D eigenvalue weighted by molar-refractivity contribution is -0.125. The molecule has 1 fully saturated rings. The maximum atomic E-state index is 13.1. The quantitative estimate of drug-likeness (QED) is 0.440. The van der Waals surface area contributed by atoms with Crippen LogP contribution in [0.15, 0.2) is 48.5 Å². The molecule has 8 heteroatoms. The van der Waals surface area contributed by atoms with Gasteiger partial charge in [0.25, 0.3) is 0 Å². The van der Waals surface area contributed by atoms with Crippen molar-refractivity contribution in [2.24, 2.45) is 5.92 Å². The maximum Gasteiger partial charge on any atom is 0.225 e. The first-order valence-corrected chi connectivity index (χ1v) is 12.4. The SMILES string of the molecule is COc1ccc(-n2nc3c(N4CCC[C@H](C(=O)NCc5ccccc5C)C4)nnc(C)c3c2C)cc1. The first kappa shape index (κ1) is 23.8. The molecule has 1 saturated heterocycles. The van der Waals surface area contributed by atoms with Gasteiger partial charge in [0, 0.05) is 19.6 Å². The van der Waals surface area contributed by atoms with Gasteiger partial charge in [0.2, 0.25) is 5.91 Å². The number of fused-ring (bicyclic) bond motifs is 1. The van der Waals surface area contributed by atoms with Crippen molar-refractivity contribution in [3.8, 4) is 11.4 Å². The second-order valence-electron chi connectivity index (χ2n) is 9.46. The summed E-state index contributed by atoms with van der Waals surface area (Å²) in [5, 5.41) is 18.1. The Hall–Kier alpha value is -3.94. The Labute approximate surface area is 211 Å². The third-order valence-corrected chi connectivity index (χ3v) is 7.11. The highest BCUT2D eigenvalue weighted by Gasteiger charge is 2.29. The predicted molar refractivity (Wildman–Crippen MR) is 141 cm³/mol.